The van der Waals surface area contributed by atoms with Gasteiger partial charge < -0.3 is 20.3 Å². The van der Waals surface area contributed by atoms with Crippen LogP contribution < -0.4 is 10.6 Å². The molecule has 180 valence electrons. The summed E-state index contributed by atoms with van der Waals surface area (Å²) in [6.45, 7) is 3.29. The van der Waals surface area contributed by atoms with Gasteiger partial charge in [-0.2, -0.15) is 0 Å². The standard InChI is InChI=1S/C29H32N4O2/c1-22(31-20-27(34)25-10-6-3-7-11-25)18-23-12-14-26(15-13-23)32-29(35)19-28-30-16-17-33(28)21-24-8-4-2-5-9-24/h2-17,22,27,31,34H,18-21H2,1H3,(H,32,35). The minimum atomic E-state index is -0.528. The fourth-order valence-corrected chi connectivity index (χ4v) is 4.04. The lowest BCUT2D eigenvalue weighted by Gasteiger charge is -2.18. The SMILES string of the molecule is CC(Cc1ccc(NC(=O)Cc2nccn2Cc2ccccc2)cc1)NCC(O)c1ccccc1. The first-order chi connectivity index (χ1) is 17.1. The zero-order chi connectivity index (χ0) is 24.5. The predicted molar refractivity (Wildman–Crippen MR) is 139 cm³/mol. The molecule has 1 amide bonds. The number of hydrogen-bond acceptors (Lipinski definition) is 4. The summed E-state index contributed by atoms with van der Waals surface area (Å²) in [5.74, 6) is 0.642. The number of aliphatic hydroxyl groups excluding tert-OH is 1. The van der Waals surface area contributed by atoms with Crippen molar-refractivity contribution in [3.05, 3.63) is 120 Å². The van der Waals surface area contributed by atoms with Crippen LogP contribution >= 0.6 is 0 Å². The van der Waals surface area contributed by atoms with Crippen molar-refractivity contribution in [1.82, 2.24) is 14.9 Å². The number of benzene rings is 3. The van der Waals surface area contributed by atoms with Crippen LogP contribution in [-0.2, 0) is 24.2 Å². The van der Waals surface area contributed by atoms with E-state index in [0.29, 0.717) is 13.1 Å². The maximum Gasteiger partial charge on any atom is 0.231 e. The van der Waals surface area contributed by atoms with Crippen molar-refractivity contribution in [3.8, 4) is 0 Å². The summed E-state index contributed by atoms with van der Waals surface area (Å²) >= 11 is 0. The highest BCUT2D eigenvalue weighted by molar-refractivity contribution is 5.91. The van der Waals surface area contributed by atoms with Gasteiger partial charge in [-0.25, -0.2) is 4.98 Å². The van der Waals surface area contributed by atoms with Crippen molar-refractivity contribution in [1.29, 1.82) is 0 Å². The van der Waals surface area contributed by atoms with Gasteiger partial charge in [0.2, 0.25) is 5.91 Å². The van der Waals surface area contributed by atoms with Crippen LogP contribution in [0.5, 0.6) is 0 Å². The lowest BCUT2D eigenvalue weighted by Crippen LogP contribution is -2.32. The number of amides is 1. The van der Waals surface area contributed by atoms with Crippen LogP contribution in [0.2, 0.25) is 0 Å². The van der Waals surface area contributed by atoms with Crippen molar-refractivity contribution in [2.45, 2.75) is 38.5 Å². The van der Waals surface area contributed by atoms with Gasteiger partial charge in [-0.15, -0.1) is 0 Å². The van der Waals surface area contributed by atoms with E-state index in [-0.39, 0.29) is 18.4 Å². The van der Waals surface area contributed by atoms with Gasteiger partial charge >= 0.3 is 0 Å². The Labute approximate surface area is 206 Å². The van der Waals surface area contributed by atoms with Crippen molar-refractivity contribution < 1.29 is 9.90 Å². The van der Waals surface area contributed by atoms with Crippen LogP contribution in [0.25, 0.3) is 0 Å². The molecule has 0 aliphatic heterocycles. The number of anilines is 1. The summed E-state index contributed by atoms with van der Waals surface area (Å²) in [5.41, 5.74) is 4.01. The van der Waals surface area contributed by atoms with E-state index < -0.39 is 6.10 Å². The van der Waals surface area contributed by atoms with Gasteiger partial charge in [0, 0.05) is 37.2 Å². The first kappa shape index (κ1) is 24.4. The Kier molecular flexibility index (Phi) is 8.44. The summed E-state index contributed by atoms with van der Waals surface area (Å²) in [7, 11) is 0. The molecule has 4 aromatic rings. The summed E-state index contributed by atoms with van der Waals surface area (Å²) < 4.78 is 2.00. The zero-order valence-corrected chi connectivity index (χ0v) is 20.0. The number of carbonyl (C=O) groups excluding carboxylic acids is 1. The molecule has 1 heterocycles. The number of imidazole rings is 1. The molecule has 0 radical (unpaired) electrons. The minimum Gasteiger partial charge on any atom is -0.387 e. The van der Waals surface area contributed by atoms with E-state index in [1.54, 1.807) is 6.20 Å². The molecule has 0 aliphatic carbocycles. The normalized spacial score (nSPS) is 12.7. The van der Waals surface area contributed by atoms with Crippen molar-refractivity contribution >= 4 is 11.6 Å². The number of carbonyl (C=O) groups is 1. The number of rotatable bonds is 11. The molecule has 0 saturated heterocycles. The third kappa shape index (κ3) is 7.37. The Morgan fingerprint density at radius 1 is 0.943 bits per heavy atom. The molecule has 3 aromatic carbocycles. The number of nitrogens with zero attached hydrogens (tertiary/aromatic N) is 2. The molecule has 6 heteroatoms. The van der Waals surface area contributed by atoms with Crippen molar-refractivity contribution in [3.63, 3.8) is 0 Å². The molecular formula is C29H32N4O2. The number of aromatic nitrogens is 2. The maximum atomic E-state index is 12.6. The largest absolute Gasteiger partial charge is 0.387 e. The average molecular weight is 469 g/mol. The lowest BCUT2D eigenvalue weighted by atomic mass is 10.1. The lowest BCUT2D eigenvalue weighted by molar-refractivity contribution is -0.115. The van der Waals surface area contributed by atoms with Gasteiger partial charge in [0.25, 0.3) is 0 Å². The Balaban J connectivity index is 1.24. The van der Waals surface area contributed by atoms with E-state index in [2.05, 4.69) is 34.7 Å². The van der Waals surface area contributed by atoms with E-state index in [1.807, 2.05) is 83.6 Å². The van der Waals surface area contributed by atoms with Crippen molar-refractivity contribution in [2.75, 3.05) is 11.9 Å². The molecule has 3 N–H and O–H groups in total. The smallest absolute Gasteiger partial charge is 0.231 e. The highest BCUT2D eigenvalue weighted by Crippen LogP contribution is 2.14. The summed E-state index contributed by atoms with van der Waals surface area (Å²) in [4.78, 5) is 17.0. The van der Waals surface area contributed by atoms with Crippen molar-refractivity contribution in [2.24, 2.45) is 0 Å². The molecule has 0 aliphatic rings. The monoisotopic (exact) mass is 468 g/mol. The molecule has 35 heavy (non-hydrogen) atoms. The van der Waals surface area contributed by atoms with E-state index >= 15 is 0 Å². The molecular weight excluding hydrogens is 436 g/mol. The van der Waals surface area contributed by atoms with E-state index in [0.717, 1.165) is 29.1 Å². The molecule has 6 nitrogen and oxygen atoms in total. The molecule has 2 atom stereocenters. The Bertz CT molecular complexity index is 1190. The fourth-order valence-electron chi connectivity index (χ4n) is 4.04. The fraction of sp³-hybridized carbons (Fsp3) is 0.241. The number of hydrogen-bond donors (Lipinski definition) is 3. The van der Waals surface area contributed by atoms with Gasteiger partial charge in [0.05, 0.1) is 12.5 Å². The van der Waals surface area contributed by atoms with E-state index in [4.69, 9.17) is 0 Å². The predicted octanol–water partition coefficient (Wildman–Crippen LogP) is 4.37. The minimum absolute atomic E-state index is 0.0943. The highest BCUT2D eigenvalue weighted by atomic mass is 16.3. The second kappa shape index (κ2) is 12.1. The third-order valence-corrected chi connectivity index (χ3v) is 5.94. The second-order valence-electron chi connectivity index (χ2n) is 8.82. The molecule has 0 saturated carbocycles. The Hall–Kier alpha value is -3.74. The molecule has 2 unspecified atom stereocenters. The van der Waals surface area contributed by atoms with Gasteiger partial charge in [-0.05, 0) is 42.2 Å². The summed E-state index contributed by atoms with van der Waals surface area (Å²) in [6.07, 6.45) is 4.14. The van der Waals surface area contributed by atoms with Gasteiger partial charge in [-0.3, -0.25) is 4.79 Å². The Morgan fingerprint density at radius 2 is 1.63 bits per heavy atom. The van der Waals surface area contributed by atoms with Crippen LogP contribution in [-0.4, -0.2) is 33.2 Å². The van der Waals surface area contributed by atoms with Crippen LogP contribution in [0.1, 0.15) is 35.5 Å². The van der Waals surface area contributed by atoms with Crippen LogP contribution in [0.3, 0.4) is 0 Å². The number of nitrogens with one attached hydrogen (secondary N) is 2. The summed E-state index contributed by atoms with van der Waals surface area (Å²) in [5, 5.41) is 16.7. The first-order valence-corrected chi connectivity index (χ1v) is 12.0. The van der Waals surface area contributed by atoms with Crippen LogP contribution in [0, 0.1) is 0 Å². The van der Waals surface area contributed by atoms with Gasteiger partial charge in [0.15, 0.2) is 0 Å². The first-order valence-electron chi connectivity index (χ1n) is 12.0. The number of aliphatic hydroxyl groups is 1. The zero-order valence-electron chi connectivity index (χ0n) is 20.0. The van der Waals surface area contributed by atoms with E-state index in [9.17, 15) is 9.90 Å². The molecule has 1 aromatic heterocycles. The highest BCUT2D eigenvalue weighted by Gasteiger charge is 2.12. The maximum absolute atomic E-state index is 12.6. The molecule has 4 rings (SSSR count). The van der Waals surface area contributed by atoms with Gasteiger partial charge in [-0.1, -0.05) is 72.8 Å². The van der Waals surface area contributed by atoms with Crippen LogP contribution in [0.15, 0.2) is 97.3 Å². The summed E-state index contributed by atoms with van der Waals surface area (Å²) in [6, 6.07) is 27.9. The Morgan fingerprint density at radius 3 is 2.34 bits per heavy atom. The molecule has 0 bridgehead atoms. The quantitative estimate of drug-likeness (QED) is 0.306. The average Bonchev–Trinajstić information content (AvgIpc) is 3.31. The topological polar surface area (TPSA) is 79.2 Å². The van der Waals surface area contributed by atoms with Gasteiger partial charge in [0.1, 0.15) is 5.82 Å². The third-order valence-electron chi connectivity index (χ3n) is 5.94. The molecule has 0 spiro atoms. The second-order valence-corrected chi connectivity index (χ2v) is 8.82. The van der Waals surface area contributed by atoms with Crippen LogP contribution in [0.4, 0.5) is 5.69 Å². The molecule has 0 fully saturated rings. The van der Waals surface area contributed by atoms with E-state index in [1.165, 1.54) is 5.56 Å².